The van der Waals surface area contributed by atoms with Crippen molar-refractivity contribution in [3.63, 3.8) is 0 Å². The Labute approximate surface area is 130 Å². The van der Waals surface area contributed by atoms with Crippen LogP contribution in [0.3, 0.4) is 0 Å². The van der Waals surface area contributed by atoms with Gasteiger partial charge >= 0.3 is 12.0 Å². The summed E-state index contributed by atoms with van der Waals surface area (Å²) < 4.78 is 0. The molecule has 2 amide bonds. The van der Waals surface area contributed by atoms with Crippen LogP contribution in [0.25, 0.3) is 0 Å². The van der Waals surface area contributed by atoms with Gasteiger partial charge in [-0.25, -0.2) is 9.59 Å². The third-order valence-corrected chi connectivity index (χ3v) is 3.79. The summed E-state index contributed by atoms with van der Waals surface area (Å²) in [6.07, 6.45) is 0.751. The van der Waals surface area contributed by atoms with Gasteiger partial charge in [-0.3, -0.25) is 0 Å². The molecule has 0 radical (unpaired) electrons. The van der Waals surface area contributed by atoms with Gasteiger partial charge in [0, 0.05) is 22.1 Å². The highest BCUT2D eigenvalue weighted by Gasteiger charge is 2.08. The van der Waals surface area contributed by atoms with Crippen molar-refractivity contribution in [1.82, 2.24) is 5.32 Å². The van der Waals surface area contributed by atoms with E-state index in [1.54, 1.807) is 11.3 Å². The number of carboxylic acids is 1. The third kappa shape index (κ3) is 4.77. The number of hydrogen-bond acceptors (Lipinski definition) is 3. The molecule has 0 fully saturated rings. The number of halogens is 1. The highest BCUT2D eigenvalue weighted by molar-refractivity contribution is 7.09. The molecule has 1 aromatic carbocycles. The minimum Gasteiger partial charge on any atom is -0.478 e. The molecule has 0 spiro atoms. The zero-order valence-electron chi connectivity index (χ0n) is 10.9. The molecule has 21 heavy (non-hydrogen) atoms. The van der Waals surface area contributed by atoms with E-state index in [0.29, 0.717) is 12.2 Å². The Hall–Kier alpha value is -2.05. The van der Waals surface area contributed by atoms with Gasteiger partial charge in [-0.1, -0.05) is 17.7 Å². The number of urea groups is 1. The maximum Gasteiger partial charge on any atom is 0.335 e. The van der Waals surface area contributed by atoms with Crippen LogP contribution in [0.4, 0.5) is 10.5 Å². The van der Waals surface area contributed by atoms with Crippen LogP contribution in [0.2, 0.25) is 5.02 Å². The van der Waals surface area contributed by atoms with Gasteiger partial charge in [0.25, 0.3) is 0 Å². The predicted molar refractivity (Wildman–Crippen MR) is 83.5 cm³/mol. The summed E-state index contributed by atoms with van der Waals surface area (Å²) in [6, 6.07) is 7.73. The molecule has 3 N–H and O–H groups in total. The maximum absolute atomic E-state index is 11.7. The first-order chi connectivity index (χ1) is 10.0. The third-order valence-electron chi connectivity index (χ3n) is 2.64. The monoisotopic (exact) mass is 324 g/mol. The Bertz CT molecular complexity index is 644. The molecule has 0 saturated heterocycles. The molecule has 0 atom stereocenters. The second kappa shape index (κ2) is 7.10. The zero-order chi connectivity index (χ0) is 15.2. The molecule has 0 aliphatic rings. The number of hydrogen-bond donors (Lipinski definition) is 3. The molecule has 1 aromatic heterocycles. The number of carbonyl (C=O) groups excluding carboxylic acids is 1. The molecule has 0 saturated carbocycles. The fourth-order valence-corrected chi connectivity index (χ4v) is 2.66. The van der Waals surface area contributed by atoms with E-state index in [0.717, 1.165) is 6.42 Å². The van der Waals surface area contributed by atoms with Crippen LogP contribution in [0, 0.1) is 0 Å². The van der Waals surface area contributed by atoms with Crippen molar-refractivity contribution < 1.29 is 14.7 Å². The molecule has 110 valence electrons. The Morgan fingerprint density at radius 1 is 1.29 bits per heavy atom. The first kappa shape index (κ1) is 15.3. The fourth-order valence-electron chi connectivity index (χ4n) is 1.71. The SMILES string of the molecule is O=C(NCCc1cccs1)Nc1cc(Cl)cc(C(=O)O)c1. The minimum atomic E-state index is -1.10. The van der Waals surface area contributed by atoms with Crippen LogP contribution < -0.4 is 10.6 Å². The van der Waals surface area contributed by atoms with Crippen molar-refractivity contribution in [1.29, 1.82) is 0 Å². The second-order valence-corrected chi connectivity index (χ2v) is 5.71. The summed E-state index contributed by atoms with van der Waals surface area (Å²) in [5, 5.41) is 16.4. The van der Waals surface area contributed by atoms with E-state index < -0.39 is 12.0 Å². The van der Waals surface area contributed by atoms with E-state index in [-0.39, 0.29) is 10.6 Å². The average Bonchev–Trinajstić information content (AvgIpc) is 2.91. The molecule has 0 aliphatic carbocycles. The molecular formula is C14H13ClN2O3S. The lowest BCUT2D eigenvalue weighted by molar-refractivity contribution is 0.0697. The largest absolute Gasteiger partial charge is 0.478 e. The highest BCUT2D eigenvalue weighted by Crippen LogP contribution is 2.19. The van der Waals surface area contributed by atoms with Crippen LogP contribution in [-0.2, 0) is 6.42 Å². The molecule has 5 nitrogen and oxygen atoms in total. The first-order valence-electron chi connectivity index (χ1n) is 6.16. The lowest BCUT2D eigenvalue weighted by atomic mass is 10.2. The van der Waals surface area contributed by atoms with Crippen molar-refractivity contribution in [2.75, 3.05) is 11.9 Å². The zero-order valence-corrected chi connectivity index (χ0v) is 12.5. The normalized spacial score (nSPS) is 10.1. The summed E-state index contributed by atoms with van der Waals surface area (Å²) in [5.41, 5.74) is 0.366. The lowest BCUT2D eigenvalue weighted by Crippen LogP contribution is -2.30. The van der Waals surface area contributed by atoms with Crippen molar-refractivity contribution in [2.45, 2.75) is 6.42 Å². The average molecular weight is 325 g/mol. The number of thiophene rings is 1. The number of carboxylic acid groups (broad SMARTS) is 1. The van der Waals surface area contributed by atoms with Gasteiger partial charge in [-0.05, 0) is 36.1 Å². The van der Waals surface area contributed by atoms with E-state index >= 15 is 0 Å². The van der Waals surface area contributed by atoms with Crippen molar-refractivity contribution in [3.05, 3.63) is 51.2 Å². The number of rotatable bonds is 5. The van der Waals surface area contributed by atoms with E-state index in [4.69, 9.17) is 16.7 Å². The second-order valence-electron chi connectivity index (χ2n) is 4.24. The molecule has 0 bridgehead atoms. The summed E-state index contributed by atoms with van der Waals surface area (Å²) in [5.74, 6) is -1.10. The predicted octanol–water partition coefficient (Wildman–Crippen LogP) is 3.46. The number of anilines is 1. The lowest BCUT2D eigenvalue weighted by Gasteiger charge is -2.08. The standard InChI is InChI=1S/C14H13ClN2O3S/c15-10-6-9(13(18)19)7-11(8-10)17-14(20)16-4-3-12-2-1-5-21-12/h1-2,5-8H,3-4H2,(H,18,19)(H2,16,17,20). The Morgan fingerprint density at radius 3 is 2.76 bits per heavy atom. The Balaban J connectivity index is 1.88. The molecule has 1 heterocycles. The summed E-state index contributed by atoms with van der Waals surface area (Å²) >= 11 is 7.45. The van der Waals surface area contributed by atoms with Gasteiger partial charge < -0.3 is 15.7 Å². The molecule has 7 heteroatoms. The van der Waals surface area contributed by atoms with E-state index in [1.165, 1.54) is 23.1 Å². The Morgan fingerprint density at radius 2 is 2.10 bits per heavy atom. The van der Waals surface area contributed by atoms with Crippen LogP contribution in [0.15, 0.2) is 35.7 Å². The van der Waals surface area contributed by atoms with E-state index in [1.807, 2.05) is 17.5 Å². The van der Waals surface area contributed by atoms with Gasteiger partial charge in [0.1, 0.15) is 0 Å². The minimum absolute atomic E-state index is 0.0244. The number of carbonyl (C=O) groups is 2. The van der Waals surface area contributed by atoms with Gasteiger partial charge in [-0.2, -0.15) is 0 Å². The van der Waals surface area contributed by atoms with Crippen LogP contribution in [-0.4, -0.2) is 23.7 Å². The van der Waals surface area contributed by atoms with Gasteiger partial charge in [0.15, 0.2) is 0 Å². The highest BCUT2D eigenvalue weighted by atomic mass is 35.5. The van der Waals surface area contributed by atoms with Crippen molar-refractivity contribution in [3.8, 4) is 0 Å². The number of nitrogens with one attached hydrogen (secondary N) is 2. The summed E-state index contributed by atoms with van der Waals surface area (Å²) in [7, 11) is 0. The molecule has 0 aliphatic heterocycles. The van der Waals surface area contributed by atoms with Gasteiger partial charge in [0.2, 0.25) is 0 Å². The first-order valence-corrected chi connectivity index (χ1v) is 7.41. The van der Waals surface area contributed by atoms with Crippen molar-refractivity contribution in [2.24, 2.45) is 0 Å². The van der Waals surface area contributed by atoms with Gasteiger partial charge in [-0.15, -0.1) is 11.3 Å². The molecule has 2 aromatic rings. The smallest absolute Gasteiger partial charge is 0.335 e. The quantitative estimate of drug-likeness (QED) is 0.788. The fraction of sp³-hybridized carbons (Fsp3) is 0.143. The summed E-state index contributed by atoms with van der Waals surface area (Å²) in [6.45, 7) is 0.499. The van der Waals surface area contributed by atoms with Crippen molar-refractivity contribution >= 4 is 40.6 Å². The molecular weight excluding hydrogens is 312 g/mol. The topological polar surface area (TPSA) is 78.4 Å². The van der Waals surface area contributed by atoms with Crippen LogP contribution in [0.5, 0.6) is 0 Å². The number of aromatic carboxylic acids is 1. The maximum atomic E-state index is 11.7. The van der Waals surface area contributed by atoms with E-state index in [9.17, 15) is 9.59 Å². The molecule has 2 rings (SSSR count). The number of benzene rings is 1. The summed E-state index contributed by atoms with van der Waals surface area (Å²) in [4.78, 5) is 23.8. The molecule has 0 unspecified atom stereocenters. The number of amides is 2. The van der Waals surface area contributed by atoms with Crippen LogP contribution >= 0.6 is 22.9 Å². The van der Waals surface area contributed by atoms with Gasteiger partial charge in [0.05, 0.1) is 5.56 Å². The van der Waals surface area contributed by atoms with Crippen LogP contribution in [0.1, 0.15) is 15.2 Å². The Kier molecular flexibility index (Phi) is 5.19. The van der Waals surface area contributed by atoms with E-state index in [2.05, 4.69) is 10.6 Å².